The summed E-state index contributed by atoms with van der Waals surface area (Å²) >= 11 is 0. The van der Waals surface area contributed by atoms with Gasteiger partial charge >= 0.3 is 0 Å². The zero-order valence-electron chi connectivity index (χ0n) is 18.6. The van der Waals surface area contributed by atoms with Crippen LogP contribution in [0.25, 0.3) is 22.2 Å². The number of halogens is 1. The Morgan fingerprint density at radius 2 is 1.94 bits per heavy atom. The molecule has 0 radical (unpaired) electrons. The molecule has 0 bridgehead atoms. The minimum atomic E-state index is -0.211. The third-order valence-electron chi connectivity index (χ3n) is 6.17. The zero-order chi connectivity index (χ0) is 22.2. The number of hydrogen-bond acceptors (Lipinski definition) is 5. The van der Waals surface area contributed by atoms with E-state index in [-0.39, 0.29) is 17.8 Å². The van der Waals surface area contributed by atoms with Crippen LogP contribution in [-0.2, 0) is 4.79 Å². The minimum absolute atomic E-state index is 0.0691. The minimum Gasteiger partial charge on any atom is -0.353 e. The van der Waals surface area contributed by atoms with E-state index in [1.54, 1.807) is 12.3 Å². The van der Waals surface area contributed by atoms with Crippen molar-refractivity contribution in [3.63, 3.8) is 0 Å². The van der Waals surface area contributed by atoms with Crippen LogP contribution in [-0.4, -0.2) is 64.3 Å². The maximum atomic E-state index is 13.9. The molecule has 0 atom stereocenters. The van der Waals surface area contributed by atoms with Crippen molar-refractivity contribution in [1.29, 1.82) is 0 Å². The lowest BCUT2D eigenvalue weighted by Crippen LogP contribution is -2.50. The van der Waals surface area contributed by atoms with Crippen LogP contribution in [0.15, 0.2) is 36.5 Å². The Hall–Kier alpha value is -3.00. The fourth-order valence-corrected chi connectivity index (χ4v) is 4.50. The Bertz CT molecular complexity index is 1130. The highest BCUT2D eigenvalue weighted by Crippen LogP contribution is 2.42. The second-order valence-corrected chi connectivity index (χ2v) is 9.12. The van der Waals surface area contributed by atoms with Gasteiger partial charge in [0.15, 0.2) is 5.82 Å². The molecule has 3 heterocycles. The molecule has 8 heteroatoms. The number of benzene rings is 1. The van der Waals surface area contributed by atoms with Crippen molar-refractivity contribution >= 4 is 22.6 Å². The van der Waals surface area contributed by atoms with Gasteiger partial charge in [0.1, 0.15) is 5.82 Å². The molecule has 1 saturated carbocycles. The zero-order valence-corrected chi connectivity index (χ0v) is 18.6. The van der Waals surface area contributed by atoms with Crippen molar-refractivity contribution in [3.05, 3.63) is 42.3 Å². The molecule has 1 aliphatic carbocycles. The van der Waals surface area contributed by atoms with Gasteiger partial charge in [-0.15, -0.1) is 5.10 Å². The SMILES string of the molecule is CC(C)NC(=O)CN1CCN(c2cc(-c3cc4ccc(F)cc4n3C3CC3)cnn2)CC1. The molecular formula is C24H29FN6O. The molecule has 168 valence electrons. The molecule has 1 saturated heterocycles. The number of aromatic nitrogens is 3. The third-order valence-corrected chi connectivity index (χ3v) is 6.17. The molecule has 0 unspecified atom stereocenters. The normalized spacial score (nSPS) is 17.3. The van der Waals surface area contributed by atoms with Crippen LogP contribution in [0, 0.1) is 5.82 Å². The van der Waals surface area contributed by atoms with Crippen LogP contribution < -0.4 is 10.2 Å². The lowest BCUT2D eigenvalue weighted by Gasteiger charge is -2.35. The lowest BCUT2D eigenvalue weighted by molar-refractivity contribution is -0.122. The molecule has 1 aliphatic heterocycles. The first-order valence-electron chi connectivity index (χ1n) is 11.4. The van der Waals surface area contributed by atoms with E-state index < -0.39 is 0 Å². The average molecular weight is 437 g/mol. The monoisotopic (exact) mass is 436 g/mol. The van der Waals surface area contributed by atoms with E-state index in [0.717, 1.165) is 67.0 Å². The van der Waals surface area contributed by atoms with E-state index in [1.807, 2.05) is 19.9 Å². The number of fused-ring (bicyclic) bond motifs is 1. The quantitative estimate of drug-likeness (QED) is 0.643. The number of anilines is 1. The number of piperazine rings is 1. The van der Waals surface area contributed by atoms with Crippen molar-refractivity contribution in [2.45, 2.75) is 38.8 Å². The summed E-state index contributed by atoms with van der Waals surface area (Å²) in [5, 5.41) is 12.7. The molecule has 7 nitrogen and oxygen atoms in total. The van der Waals surface area contributed by atoms with Gasteiger partial charge in [0.25, 0.3) is 0 Å². The largest absolute Gasteiger partial charge is 0.353 e. The van der Waals surface area contributed by atoms with E-state index in [1.165, 1.54) is 6.07 Å². The molecule has 2 fully saturated rings. The molecule has 0 spiro atoms. The number of carbonyl (C=O) groups is 1. The third kappa shape index (κ3) is 4.32. The van der Waals surface area contributed by atoms with Crippen molar-refractivity contribution in [2.24, 2.45) is 0 Å². The first-order valence-corrected chi connectivity index (χ1v) is 11.4. The summed E-state index contributed by atoms with van der Waals surface area (Å²) in [5.41, 5.74) is 3.00. The summed E-state index contributed by atoms with van der Waals surface area (Å²) in [6.07, 6.45) is 4.02. The van der Waals surface area contributed by atoms with E-state index in [0.29, 0.717) is 12.6 Å². The molecule has 1 amide bonds. The summed E-state index contributed by atoms with van der Waals surface area (Å²) in [6.45, 7) is 7.57. The number of hydrogen-bond donors (Lipinski definition) is 1. The predicted molar refractivity (Wildman–Crippen MR) is 123 cm³/mol. The number of rotatable bonds is 6. The van der Waals surface area contributed by atoms with Crippen LogP contribution in [0.4, 0.5) is 10.2 Å². The van der Waals surface area contributed by atoms with Crippen molar-refractivity contribution in [3.8, 4) is 11.3 Å². The van der Waals surface area contributed by atoms with Gasteiger partial charge in [-0.3, -0.25) is 9.69 Å². The smallest absolute Gasteiger partial charge is 0.234 e. The summed E-state index contributed by atoms with van der Waals surface area (Å²) in [6, 6.07) is 9.77. The topological polar surface area (TPSA) is 66.3 Å². The molecule has 1 N–H and O–H groups in total. The van der Waals surface area contributed by atoms with E-state index >= 15 is 0 Å². The number of carbonyl (C=O) groups excluding carboxylic acids is 1. The molecular weight excluding hydrogens is 407 g/mol. The number of amides is 1. The van der Waals surface area contributed by atoms with E-state index in [2.05, 4.69) is 42.0 Å². The summed E-state index contributed by atoms with van der Waals surface area (Å²) < 4.78 is 16.2. The van der Waals surface area contributed by atoms with Crippen molar-refractivity contribution in [2.75, 3.05) is 37.6 Å². The maximum Gasteiger partial charge on any atom is 0.234 e. The standard InChI is InChI=1S/C24H29FN6O/c1-16(2)27-24(32)15-29-7-9-30(10-8-29)23-12-18(14-26-28-23)21-11-17-3-4-19(25)13-22(17)31(21)20-5-6-20/h3-4,11-14,16,20H,5-10,15H2,1-2H3,(H,27,32). The van der Waals surface area contributed by atoms with Crippen LogP contribution in [0.2, 0.25) is 0 Å². The average Bonchev–Trinajstić information content (AvgIpc) is 3.54. The van der Waals surface area contributed by atoms with Gasteiger partial charge in [-0.05, 0) is 57.0 Å². The highest BCUT2D eigenvalue weighted by molar-refractivity contribution is 5.87. The molecule has 2 aliphatic rings. The molecule has 2 aromatic heterocycles. The fraction of sp³-hybridized carbons (Fsp3) is 0.458. The Balaban J connectivity index is 1.34. The number of nitrogens with one attached hydrogen (secondary N) is 1. The predicted octanol–water partition coefficient (Wildman–Crippen LogP) is 3.22. The van der Waals surface area contributed by atoms with Crippen molar-refractivity contribution in [1.82, 2.24) is 25.0 Å². The Morgan fingerprint density at radius 3 is 2.66 bits per heavy atom. The first kappa shape index (κ1) is 20.9. The van der Waals surface area contributed by atoms with Crippen LogP contribution in [0.1, 0.15) is 32.7 Å². The molecule has 1 aromatic carbocycles. The summed E-state index contributed by atoms with van der Waals surface area (Å²) in [5.74, 6) is 0.699. The lowest BCUT2D eigenvalue weighted by atomic mass is 10.2. The Kier molecular flexibility index (Phi) is 5.55. The highest BCUT2D eigenvalue weighted by Gasteiger charge is 2.28. The molecule has 3 aromatic rings. The van der Waals surface area contributed by atoms with E-state index in [4.69, 9.17) is 0 Å². The van der Waals surface area contributed by atoms with Gasteiger partial charge in [0.2, 0.25) is 5.91 Å². The maximum absolute atomic E-state index is 13.9. The van der Waals surface area contributed by atoms with Crippen LogP contribution in [0.3, 0.4) is 0 Å². The number of nitrogens with zero attached hydrogens (tertiary/aromatic N) is 5. The molecule has 5 rings (SSSR count). The highest BCUT2D eigenvalue weighted by atomic mass is 19.1. The summed E-state index contributed by atoms with van der Waals surface area (Å²) in [4.78, 5) is 16.4. The van der Waals surface area contributed by atoms with Gasteiger partial charge in [0.05, 0.1) is 24.0 Å². The van der Waals surface area contributed by atoms with Crippen LogP contribution >= 0.6 is 0 Å². The van der Waals surface area contributed by atoms with Gasteiger partial charge in [-0.2, -0.15) is 5.10 Å². The van der Waals surface area contributed by atoms with Gasteiger partial charge < -0.3 is 14.8 Å². The second kappa shape index (κ2) is 8.50. The van der Waals surface area contributed by atoms with Gasteiger partial charge in [-0.1, -0.05) is 0 Å². The Labute approximate surface area is 187 Å². The van der Waals surface area contributed by atoms with Gasteiger partial charge in [0, 0.05) is 49.2 Å². The van der Waals surface area contributed by atoms with Crippen molar-refractivity contribution < 1.29 is 9.18 Å². The Morgan fingerprint density at radius 1 is 1.16 bits per heavy atom. The summed E-state index contributed by atoms with van der Waals surface area (Å²) in [7, 11) is 0. The molecule has 32 heavy (non-hydrogen) atoms. The first-order chi connectivity index (χ1) is 15.5. The van der Waals surface area contributed by atoms with Gasteiger partial charge in [-0.25, -0.2) is 4.39 Å². The fourth-order valence-electron chi connectivity index (χ4n) is 4.50. The van der Waals surface area contributed by atoms with E-state index in [9.17, 15) is 9.18 Å². The van der Waals surface area contributed by atoms with Crippen LogP contribution in [0.5, 0.6) is 0 Å². The second-order valence-electron chi connectivity index (χ2n) is 9.12.